The Morgan fingerprint density at radius 1 is 0.893 bits per heavy atom. The molecule has 0 radical (unpaired) electrons. The summed E-state index contributed by atoms with van der Waals surface area (Å²) in [5.41, 5.74) is -0.563. The lowest BCUT2D eigenvalue weighted by Crippen LogP contribution is -2.54. The number of benzene rings is 2. The molecule has 1 N–H and O–H groups in total. The minimum absolute atomic E-state index is 0.0404. The molecule has 4 atom stereocenters. The van der Waals surface area contributed by atoms with E-state index in [9.17, 15) is 27.9 Å². The molecule has 3 aliphatic heterocycles. The van der Waals surface area contributed by atoms with Gasteiger partial charge in [0, 0.05) is 82.7 Å². The minimum Gasteiger partial charge on any atom is -0.507 e. The Labute approximate surface area is 329 Å². The number of phenolic OH excluding ortho intramolecular Hbond substituents is 1. The number of rotatable bonds is 9. The Kier molecular flexibility index (Phi) is 12.2. The van der Waals surface area contributed by atoms with Gasteiger partial charge >= 0.3 is 0 Å². The van der Waals surface area contributed by atoms with Gasteiger partial charge in [0.05, 0.1) is 17.5 Å². The maximum absolute atomic E-state index is 15.5. The predicted octanol–water partition coefficient (Wildman–Crippen LogP) is 6.61. The molecule has 3 amide bonds. The first-order valence-corrected chi connectivity index (χ1v) is 20.2. The molecule has 1 saturated carbocycles. The molecule has 13 heteroatoms. The maximum atomic E-state index is 15.5. The van der Waals surface area contributed by atoms with Crippen LogP contribution in [0, 0.1) is 28.9 Å². The van der Waals surface area contributed by atoms with Crippen molar-refractivity contribution in [3.05, 3.63) is 65.2 Å². The van der Waals surface area contributed by atoms with Crippen LogP contribution in [0.25, 0.3) is 0 Å². The highest BCUT2D eigenvalue weighted by atomic mass is 19.3. The number of carbonyl (C=O) groups excluding carboxylic acids is 3. The zero-order valence-electron chi connectivity index (χ0n) is 33.7. The number of halogens is 4. The van der Waals surface area contributed by atoms with Gasteiger partial charge in [0.1, 0.15) is 23.4 Å². The van der Waals surface area contributed by atoms with E-state index in [2.05, 4.69) is 9.80 Å². The van der Waals surface area contributed by atoms with Crippen molar-refractivity contribution in [3.8, 4) is 5.75 Å². The van der Waals surface area contributed by atoms with E-state index < -0.39 is 52.8 Å². The summed E-state index contributed by atoms with van der Waals surface area (Å²) in [4.78, 5) is 53.6. The van der Waals surface area contributed by atoms with Crippen LogP contribution < -0.4 is 0 Å². The molecule has 308 valence electrons. The fraction of sp³-hybridized carbons (Fsp3) is 0.651. The minimum atomic E-state index is -2.66. The number of amides is 3. The van der Waals surface area contributed by atoms with Crippen LogP contribution in [0.2, 0.25) is 0 Å². The van der Waals surface area contributed by atoms with E-state index in [1.165, 1.54) is 18.2 Å². The van der Waals surface area contributed by atoms with Crippen molar-refractivity contribution >= 4 is 17.7 Å². The third kappa shape index (κ3) is 9.35. The van der Waals surface area contributed by atoms with E-state index in [1.54, 1.807) is 32.9 Å². The Bertz CT molecular complexity index is 1750. The van der Waals surface area contributed by atoms with E-state index in [-0.39, 0.29) is 72.5 Å². The number of phenols is 1. The fourth-order valence-corrected chi connectivity index (χ4v) is 9.47. The van der Waals surface area contributed by atoms with Crippen LogP contribution in [0.15, 0.2) is 42.5 Å². The molecule has 2 aromatic carbocycles. The molecule has 0 aromatic heterocycles. The highest BCUT2D eigenvalue weighted by Gasteiger charge is 2.51. The van der Waals surface area contributed by atoms with Gasteiger partial charge in [-0.2, -0.15) is 0 Å². The van der Waals surface area contributed by atoms with E-state index in [0.29, 0.717) is 58.5 Å². The van der Waals surface area contributed by atoms with Crippen LogP contribution in [0.3, 0.4) is 0 Å². The second-order valence-electron chi connectivity index (χ2n) is 18.6. The van der Waals surface area contributed by atoms with E-state index >= 15 is 9.18 Å². The fourth-order valence-electron chi connectivity index (χ4n) is 9.47. The SMILES string of the molecule is CN1CCN(C(=O)[C@@H]2C[C@H](N(CC(C)(C)CC3CCC(F)(F)CC3)C(=O)c3ccccc3O)CN2C(=O)[C@@H]2CN(C(C)(C)C)C[C@H]2c2ccc(F)cc2F)CC1. The number of alkyl halides is 2. The second kappa shape index (κ2) is 16.3. The molecular formula is C43H59F4N5O4. The molecule has 1 aliphatic carbocycles. The van der Waals surface area contributed by atoms with Gasteiger partial charge in [-0.1, -0.05) is 32.0 Å². The maximum Gasteiger partial charge on any atom is 0.257 e. The predicted molar refractivity (Wildman–Crippen MR) is 206 cm³/mol. The number of likely N-dealkylation sites (N-methyl/N-ethyl adjacent to an activating group) is 1. The van der Waals surface area contributed by atoms with Crippen LogP contribution >= 0.6 is 0 Å². The molecule has 3 saturated heterocycles. The molecule has 56 heavy (non-hydrogen) atoms. The zero-order chi connectivity index (χ0) is 40.7. The number of hydrogen-bond donors (Lipinski definition) is 1. The summed E-state index contributed by atoms with van der Waals surface area (Å²) >= 11 is 0. The average Bonchev–Trinajstić information content (AvgIpc) is 3.78. The first-order valence-electron chi connectivity index (χ1n) is 20.2. The smallest absolute Gasteiger partial charge is 0.257 e. The number of carbonyl (C=O) groups is 3. The molecule has 2 aromatic rings. The number of piperazine rings is 1. The summed E-state index contributed by atoms with van der Waals surface area (Å²) in [7, 11) is 1.99. The molecule has 0 unspecified atom stereocenters. The van der Waals surface area contributed by atoms with Gasteiger partial charge in [0.15, 0.2) is 0 Å². The van der Waals surface area contributed by atoms with Crippen molar-refractivity contribution in [2.45, 2.75) is 103 Å². The van der Waals surface area contributed by atoms with Gasteiger partial charge in [-0.25, -0.2) is 17.6 Å². The molecule has 4 aliphatic rings. The summed E-state index contributed by atoms with van der Waals surface area (Å²) in [6.07, 6.45) is 1.21. The number of hydrogen-bond acceptors (Lipinski definition) is 6. The van der Waals surface area contributed by atoms with Gasteiger partial charge in [0.25, 0.3) is 5.91 Å². The highest BCUT2D eigenvalue weighted by Crippen LogP contribution is 2.43. The van der Waals surface area contributed by atoms with Gasteiger partial charge in [-0.3, -0.25) is 19.3 Å². The summed E-state index contributed by atoms with van der Waals surface area (Å²) in [5, 5.41) is 10.9. The van der Waals surface area contributed by atoms with Crippen LogP contribution in [-0.4, -0.2) is 130 Å². The lowest BCUT2D eigenvalue weighted by Gasteiger charge is -2.40. The number of likely N-dealkylation sites (tertiary alicyclic amines) is 2. The summed E-state index contributed by atoms with van der Waals surface area (Å²) in [5.74, 6) is -6.57. The van der Waals surface area contributed by atoms with Crippen molar-refractivity contribution in [2.24, 2.45) is 17.3 Å². The van der Waals surface area contributed by atoms with Crippen LogP contribution in [-0.2, 0) is 9.59 Å². The van der Waals surface area contributed by atoms with E-state index in [4.69, 9.17) is 0 Å². The third-order valence-corrected chi connectivity index (χ3v) is 12.7. The largest absolute Gasteiger partial charge is 0.507 e. The van der Waals surface area contributed by atoms with Gasteiger partial charge in [-0.15, -0.1) is 0 Å². The van der Waals surface area contributed by atoms with Crippen LogP contribution in [0.1, 0.15) is 95.0 Å². The molecule has 9 nitrogen and oxygen atoms in total. The summed E-state index contributed by atoms with van der Waals surface area (Å²) < 4.78 is 57.8. The standard InChI is InChI=1S/C43H59F4N5O4/c1-41(2,3)50-25-33(31-12-11-29(44)21-35(31)45)34(26-50)39(55)51-24-30(22-36(51)40(56)49-19-17-48(6)18-20-49)52(38(54)32-9-7-8-10-37(32)53)27-42(4,5)23-28-13-15-43(46,47)16-14-28/h7-12,21,28,30,33-34,36,53H,13-20,22-27H2,1-6H3/t30-,33-,34+,36-/m0/s1. The van der Waals surface area contributed by atoms with Gasteiger partial charge < -0.3 is 24.7 Å². The second-order valence-corrected chi connectivity index (χ2v) is 18.6. The summed E-state index contributed by atoms with van der Waals surface area (Å²) in [6.45, 7) is 13.3. The van der Waals surface area contributed by atoms with E-state index in [1.807, 2.05) is 41.7 Å². The van der Waals surface area contributed by atoms with Crippen molar-refractivity contribution in [3.63, 3.8) is 0 Å². The quantitative estimate of drug-likeness (QED) is 0.288. The molecule has 0 spiro atoms. The van der Waals surface area contributed by atoms with Crippen molar-refractivity contribution in [1.82, 2.24) is 24.5 Å². The molecular weight excluding hydrogens is 726 g/mol. The Morgan fingerprint density at radius 3 is 2.18 bits per heavy atom. The van der Waals surface area contributed by atoms with Crippen molar-refractivity contribution < 1.29 is 37.1 Å². The topological polar surface area (TPSA) is 87.6 Å². The molecule has 4 fully saturated rings. The van der Waals surface area contributed by atoms with Crippen LogP contribution in [0.5, 0.6) is 5.75 Å². The Hall–Kier alpha value is -3.71. The lowest BCUT2D eigenvalue weighted by atomic mass is 9.75. The number of nitrogens with zero attached hydrogens (tertiary/aromatic N) is 5. The lowest BCUT2D eigenvalue weighted by molar-refractivity contribution is -0.147. The van der Waals surface area contributed by atoms with E-state index in [0.717, 1.165) is 6.07 Å². The van der Waals surface area contributed by atoms with Crippen LogP contribution in [0.4, 0.5) is 17.6 Å². The normalized spacial score (nSPS) is 25.5. The van der Waals surface area contributed by atoms with Gasteiger partial charge in [0.2, 0.25) is 17.7 Å². The highest BCUT2D eigenvalue weighted by molar-refractivity contribution is 5.97. The van der Waals surface area contributed by atoms with Gasteiger partial charge in [-0.05, 0) is 88.6 Å². The molecule has 0 bridgehead atoms. The number of para-hydroxylation sites is 1. The molecule has 3 heterocycles. The average molecular weight is 786 g/mol. The monoisotopic (exact) mass is 785 g/mol. The van der Waals surface area contributed by atoms with Crippen molar-refractivity contribution in [2.75, 3.05) is 59.4 Å². The number of aromatic hydroxyl groups is 1. The van der Waals surface area contributed by atoms with Crippen molar-refractivity contribution in [1.29, 1.82) is 0 Å². The zero-order valence-corrected chi connectivity index (χ0v) is 33.7. The molecule has 6 rings (SSSR count). The summed E-state index contributed by atoms with van der Waals surface area (Å²) in [6, 6.07) is 8.21. The Balaban J connectivity index is 1.35. The Morgan fingerprint density at radius 2 is 1.55 bits per heavy atom. The first-order chi connectivity index (χ1) is 26.2. The first kappa shape index (κ1) is 41.9. The third-order valence-electron chi connectivity index (χ3n) is 12.7.